The smallest absolute Gasteiger partial charge is 0.0721 e. The molecule has 1 aliphatic heterocycles. The highest BCUT2D eigenvalue weighted by atomic mass is 35.5. The molecule has 0 spiro atoms. The molecule has 1 aliphatic rings. The molecular weight excluding hydrogens is 222 g/mol. The van der Waals surface area contributed by atoms with Gasteiger partial charge < -0.3 is 10.1 Å². The van der Waals surface area contributed by atoms with Crippen LogP contribution in [0.2, 0.25) is 0 Å². The van der Waals surface area contributed by atoms with E-state index in [2.05, 4.69) is 36.5 Å². The Bertz CT molecular complexity index is 293. The van der Waals surface area contributed by atoms with Crippen molar-refractivity contribution in [3.05, 3.63) is 35.4 Å². The summed E-state index contributed by atoms with van der Waals surface area (Å²) in [6.07, 6.45) is 2.66. The van der Waals surface area contributed by atoms with E-state index in [9.17, 15) is 0 Å². The zero-order chi connectivity index (χ0) is 10.5. The highest BCUT2D eigenvalue weighted by molar-refractivity contribution is 5.85. The predicted octanol–water partition coefficient (Wildman–Crippen LogP) is 2.55. The van der Waals surface area contributed by atoms with Gasteiger partial charge >= 0.3 is 0 Å². The van der Waals surface area contributed by atoms with Crippen molar-refractivity contribution in [2.45, 2.75) is 32.5 Å². The summed E-state index contributed by atoms with van der Waals surface area (Å²) in [4.78, 5) is 0. The van der Waals surface area contributed by atoms with E-state index in [0.717, 1.165) is 32.5 Å². The number of nitrogens with one attached hydrogen (secondary N) is 1. The molecule has 0 aromatic heterocycles. The van der Waals surface area contributed by atoms with Crippen LogP contribution in [-0.2, 0) is 17.8 Å². The molecule has 3 heteroatoms. The summed E-state index contributed by atoms with van der Waals surface area (Å²) in [5, 5.41) is 3.30. The van der Waals surface area contributed by atoms with E-state index in [4.69, 9.17) is 4.74 Å². The van der Waals surface area contributed by atoms with Crippen molar-refractivity contribution < 1.29 is 4.74 Å². The summed E-state index contributed by atoms with van der Waals surface area (Å²) >= 11 is 0. The summed E-state index contributed by atoms with van der Waals surface area (Å²) in [6, 6.07) is 8.71. The molecule has 0 saturated carbocycles. The molecule has 0 amide bonds. The Morgan fingerprint density at radius 3 is 2.50 bits per heavy atom. The standard InChI is InChI=1S/C13H19NO.ClH/c1-2-11-3-5-12(6-4-11)10-15-13-7-8-14-9-13;/h3-6,13-14H,2,7-10H2,1H3;1H/t13-;/m0./s1. The molecule has 0 bridgehead atoms. The van der Waals surface area contributed by atoms with Crippen LogP contribution in [0.3, 0.4) is 0 Å². The zero-order valence-corrected chi connectivity index (χ0v) is 10.6. The van der Waals surface area contributed by atoms with E-state index in [0.29, 0.717) is 6.10 Å². The molecule has 1 N–H and O–H groups in total. The lowest BCUT2D eigenvalue weighted by Gasteiger charge is -2.10. The largest absolute Gasteiger partial charge is 0.372 e. The molecule has 0 aliphatic carbocycles. The Kier molecular flexibility index (Phi) is 5.81. The van der Waals surface area contributed by atoms with Crippen LogP contribution in [0.1, 0.15) is 24.5 Å². The summed E-state index contributed by atoms with van der Waals surface area (Å²) < 4.78 is 5.80. The van der Waals surface area contributed by atoms with E-state index < -0.39 is 0 Å². The van der Waals surface area contributed by atoms with Gasteiger partial charge in [-0.3, -0.25) is 0 Å². The molecule has 0 radical (unpaired) electrons. The first-order valence-electron chi connectivity index (χ1n) is 5.78. The molecule has 16 heavy (non-hydrogen) atoms. The van der Waals surface area contributed by atoms with Gasteiger partial charge in [-0.05, 0) is 30.5 Å². The second kappa shape index (κ2) is 6.89. The van der Waals surface area contributed by atoms with Crippen molar-refractivity contribution in [3.8, 4) is 0 Å². The van der Waals surface area contributed by atoms with Crippen LogP contribution >= 0.6 is 12.4 Å². The third kappa shape index (κ3) is 3.78. The quantitative estimate of drug-likeness (QED) is 0.875. The van der Waals surface area contributed by atoms with E-state index in [1.165, 1.54) is 11.1 Å². The lowest BCUT2D eigenvalue weighted by molar-refractivity contribution is 0.0542. The topological polar surface area (TPSA) is 21.3 Å². The molecule has 1 fully saturated rings. The first-order chi connectivity index (χ1) is 7.38. The van der Waals surface area contributed by atoms with Crippen LogP contribution < -0.4 is 5.32 Å². The van der Waals surface area contributed by atoms with Gasteiger partial charge in [-0.2, -0.15) is 0 Å². The highest BCUT2D eigenvalue weighted by Crippen LogP contribution is 2.10. The normalized spacial score (nSPS) is 19.4. The van der Waals surface area contributed by atoms with Gasteiger partial charge in [0.2, 0.25) is 0 Å². The number of aryl methyl sites for hydroxylation is 1. The number of benzene rings is 1. The number of hydrogen-bond donors (Lipinski definition) is 1. The number of ether oxygens (including phenoxy) is 1. The average Bonchev–Trinajstić information content (AvgIpc) is 2.80. The minimum Gasteiger partial charge on any atom is -0.372 e. The third-order valence-electron chi connectivity index (χ3n) is 2.93. The molecule has 1 aromatic rings. The molecule has 2 rings (SSSR count). The van der Waals surface area contributed by atoms with E-state index in [1.54, 1.807) is 0 Å². The minimum atomic E-state index is 0. The third-order valence-corrected chi connectivity index (χ3v) is 2.93. The van der Waals surface area contributed by atoms with Crippen molar-refractivity contribution in [1.29, 1.82) is 0 Å². The van der Waals surface area contributed by atoms with Crippen molar-refractivity contribution in [1.82, 2.24) is 5.32 Å². The Morgan fingerprint density at radius 2 is 1.94 bits per heavy atom. The molecular formula is C13H20ClNO. The molecule has 90 valence electrons. The number of rotatable bonds is 4. The Morgan fingerprint density at radius 1 is 1.25 bits per heavy atom. The maximum atomic E-state index is 5.80. The molecule has 0 unspecified atom stereocenters. The van der Waals surface area contributed by atoms with Crippen molar-refractivity contribution in [3.63, 3.8) is 0 Å². The first-order valence-corrected chi connectivity index (χ1v) is 5.78. The first kappa shape index (κ1) is 13.5. The molecule has 1 saturated heterocycles. The second-order valence-corrected chi connectivity index (χ2v) is 4.10. The fraction of sp³-hybridized carbons (Fsp3) is 0.538. The Balaban J connectivity index is 0.00000128. The van der Waals surface area contributed by atoms with E-state index >= 15 is 0 Å². The monoisotopic (exact) mass is 241 g/mol. The van der Waals surface area contributed by atoms with Gasteiger partial charge in [-0.15, -0.1) is 12.4 Å². The van der Waals surface area contributed by atoms with Gasteiger partial charge in [0.1, 0.15) is 0 Å². The summed E-state index contributed by atoms with van der Waals surface area (Å²) in [7, 11) is 0. The minimum absolute atomic E-state index is 0. The fourth-order valence-corrected chi connectivity index (χ4v) is 1.86. The van der Waals surface area contributed by atoms with Crippen LogP contribution in [0, 0.1) is 0 Å². The highest BCUT2D eigenvalue weighted by Gasteiger charge is 2.14. The van der Waals surface area contributed by atoms with Gasteiger partial charge in [0.15, 0.2) is 0 Å². The second-order valence-electron chi connectivity index (χ2n) is 4.10. The van der Waals surface area contributed by atoms with E-state index in [1.807, 2.05) is 0 Å². The fourth-order valence-electron chi connectivity index (χ4n) is 1.86. The predicted molar refractivity (Wildman–Crippen MR) is 69.1 cm³/mol. The Labute approximate surface area is 104 Å². The zero-order valence-electron chi connectivity index (χ0n) is 9.74. The molecule has 1 aromatic carbocycles. The summed E-state index contributed by atoms with van der Waals surface area (Å²) in [5.41, 5.74) is 2.67. The van der Waals surface area contributed by atoms with Crippen LogP contribution in [0.25, 0.3) is 0 Å². The van der Waals surface area contributed by atoms with E-state index in [-0.39, 0.29) is 12.4 Å². The Hall–Kier alpha value is -0.570. The van der Waals surface area contributed by atoms with Crippen LogP contribution in [0.15, 0.2) is 24.3 Å². The number of hydrogen-bond acceptors (Lipinski definition) is 2. The van der Waals surface area contributed by atoms with Crippen LogP contribution in [-0.4, -0.2) is 19.2 Å². The van der Waals surface area contributed by atoms with Crippen LogP contribution in [0.5, 0.6) is 0 Å². The maximum absolute atomic E-state index is 5.80. The van der Waals surface area contributed by atoms with Crippen LogP contribution in [0.4, 0.5) is 0 Å². The number of halogens is 1. The van der Waals surface area contributed by atoms with Crippen molar-refractivity contribution in [2.75, 3.05) is 13.1 Å². The lowest BCUT2D eigenvalue weighted by atomic mass is 10.1. The molecule has 1 heterocycles. The summed E-state index contributed by atoms with van der Waals surface area (Å²) in [5.74, 6) is 0. The van der Waals surface area contributed by atoms with Gasteiger partial charge in [-0.25, -0.2) is 0 Å². The molecule has 2 nitrogen and oxygen atoms in total. The average molecular weight is 242 g/mol. The molecule has 1 atom stereocenters. The van der Waals surface area contributed by atoms with Gasteiger partial charge in [-0.1, -0.05) is 31.2 Å². The van der Waals surface area contributed by atoms with Crippen molar-refractivity contribution >= 4 is 12.4 Å². The lowest BCUT2D eigenvalue weighted by Crippen LogP contribution is -2.16. The van der Waals surface area contributed by atoms with Gasteiger partial charge in [0.25, 0.3) is 0 Å². The van der Waals surface area contributed by atoms with Crippen molar-refractivity contribution in [2.24, 2.45) is 0 Å². The van der Waals surface area contributed by atoms with Gasteiger partial charge in [0, 0.05) is 6.54 Å². The van der Waals surface area contributed by atoms with Gasteiger partial charge in [0.05, 0.1) is 12.7 Å². The SMILES string of the molecule is CCc1ccc(CO[C@H]2CCNC2)cc1.Cl. The summed E-state index contributed by atoms with van der Waals surface area (Å²) in [6.45, 7) is 5.03. The maximum Gasteiger partial charge on any atom is 0.0721 e.